The van der Waals surface area contributed by atoms with E-state index in [4.69, 9.17) is 29.4 Å². The fourth-order valence-electron chi connectivity index (χ4n) is 2.97. The van der Waals surface area contributed by atoms with Gasteiger partial charge in [-0.2, -0.15) is 4.98 Å². The van der Waals surface area contributed by atoms with Gasteiger partial charge in [0.2, 0.25) is 5.95 Å². The molecule has 2 aromatic heterocycles. The van der Waals surface area contributed by atoms with Crippen molar-refractivity contribution in [2.45, 2.75) is 52.7 Å². The van der Waals surface area contributed by atoms with Crippen molar-refractivity contribution < 1.29 is 33.3 Å². The summed E-state index contributed by atoms with van der Waals surface area (Å²) in [5, 5.41) is 0. The predicted octanol–water partition coefficient (Wildman–Crippen LogP) is 3.11. The van der Waals surface area contributed by atoms with E-state index in [1.54, 1.807) is 12.5 Å². The zero-order valence-corrected chi connectivity index (χ0v) is 20.0. The van der Waals surface area contributed by atoms with Gasteiger partial charge >= 0.3 is 12.3 Å². The van der Waals surface area contributed by atoms with E-state index in [0.29, 0.717) is 17.7 Å². The van der Waals surface area contributed by atoms with E-state index in [-0.39, 0.29) is 50.3 Å². The highest BCUT2D eigenvalue weighted by Gasteiger charge is 2.47. The zero-order chi connectivity index (χ0) is 24.7. The Kier molecular flexibility index (Phi) is 8.48. The van der Waals surface area contributed by atoms with Gasteiger partial charge in [-0.15, -0.1) is 0 Å². The van der Waals surface area contributed by atoms with E-state index in [1.807, 2.05) is 32.3 Å². The summed E-state index contributed by atoms with van der Waals surface area (Å²) in [7, 11) is 0. The standard InChI is InChI=1S/C22H32N5O7/c1-14(2)8-30-20(28)32-10-16(11-33-21(29)31-9-15(3)4)34-22(5-6-22)12-27-13-25-17-7-24-19(23)26-18(17)27/h7,13-15H,5-6,8-12H2,1-4H3,(H2,23,24,26). The molecule has 0 aromatic carbocycles. The van der Waals surface area contributed by atoms with Gasteiger partial charge in [-0.05, 0) is 24.7 Å². The molecule has 2 heterocycles. The molecular weight excluding hydrogens is 446 g/mol. The van der Waals surface area contributed by atoms with Gasteiger partial charge in [0, 0.05) is 0 Å². The lowest BCUT2D eigenvalue weighted by Gasteiger charge is -2.24. The number of carbonyl (C=O) groups is 2. The van der Waals surface area contributed by atoms with Gasteiger partial charge in [-0.25, -0.2) is 19.6 Å². The number of aromatic nitrogens is 4. The highest BCUT2D eigenvalue weighted by atomic mass is 16.7. The minimum absolute atomic E-state index is 0.147. The molecule has 12 nitrogen and oxygen atoms in total. The number of anilines is 1. The molecule has 3 rings (SSSR count). The molecule has 0 spiro atoms. The van der Waals surface area contributed by atoms with Gasteiger partial charge in [0.1, 0.15) is 18.7 Å². The molecule has 187 valence electrons. The predicted molar refractivity (Wildman–Crippen MR) is 120 cm³/mol. The number of imidazole rings is 1. The van der Waals surface area contributed by atoms with Crippen LogP contribution in [0.5, 0.6) is 0 Å². The lowest BCUT2D eigenvalue weighted by Crippen LogP contribution is -2.30. The average molecular weight is 479 g/mol. The molecule has 12 heteroatoms. The van der Waals surface area contributed by atoms with Gasteiger partial charge in [0.05, 0.1) is 37.9 Å². The van der Waals surface area contributed by atoms with Crippen molar-refractivity contribution in [3.8, 4) is 0 Å². The van der Waals surface area contributed by atoms with Crippen molar-refractivity contribution in [2.24, 2.45) is 11.8 Å². The topological polar surface area (TPSA) is 150 Å². The summed E-state index contributed by atoms with van der Waals surface area (Å²) >= 11 is 0. The molecule has 0 atom stereocenters. The van der Waals surface area contributed by atoms with Crippen LogP contribution in [0.4, 0.5) is 15.5 Å². The van der Waals surface area contributed by atoms with Gasteiger partial charge in [0.25, 0.3) is 0 Å². The summed E-state index contributed by atoms with van der Waals surface area (Å²) in [5.41, 5.74) is 6.33. The van der Waals surface area contributed by atoms with Gasteiger partial charge in [0.15, 0.2) is 11.8 Å². The number of ether oxygens (including phenoxy) is 5. The van der Waals surface area contributed by atoms with E-state index in [9.17, 15) is 9.59 Å². The second-order valence-electron chi connectivity index (χ2n) is 9.12. The third-order valence-electron chi connectivity index (χ3n) is 4.77. The number of fused-ring (bicyclic) bond motifs is 1. The Balaban J connectivity index is 1.62. The Bertz CT molecular complexity index is 946. The van der Waals surface area contributed by atoms with E-state index >= 15 is 0 Å². The first-order valence-corrected chi connectivity index (χ1v) is 11.2. The van der Waals surface area contributed by atoms with Crippen LogP contribution in [0.3, 0.4) is 0 Å². The largest absolute Gasteiger partial charge is 0.508 e. The number of rotatable bonds is 12. The third-order valence-corrected chi connectivity index (χ3v) is 4.77. The maximum Gasteiger partial charge on any atom is 0.508 e. The monoisotopic (exact) mass is 478 g/mol. The van der Waals surface area contributed by atoms with Crippen molar-refractivity contribution in [1.82, 2.24) is 19.5 Å². The number of nitrogen functional groups attached to an aromatic ring is 1. The Morgan fingerprint density at radius 1 is 1.00 bits per heavy atom. The molecule has 2 aromatic rings. The Morgan fingerprint density at radius 3 is 2.12 bits per heavy atom. The van der Waals surface area contributed by atoms with Crippen molar-refractivity contribution in [1.29, 1.82) is 0 Å². The van der Waals surface area contributed by atoms with Crippen LogP contribution in [0.15, 0.2) is 12.5 Å². The molecule has 34 heavy (non-hydrogen) atoms. The lowest BCUT2D eigenvalue weighted by atomic mass is 10.2. The SMILES string of the molecule is CC(C)COC(=O)OC[C](COC(=O)OCC(C)C)OC1(Cn2cnc3cnc(N)nc32)CC1. The summed E-state index contributed by atoms with van der Waals surface area (Å²) in [6.07, 6.45) is 3.29. The van der Waals surface area contributed by atoms with Crippen molar-refractivity contribution in [3.05, 3.63) is 18.6 Å². The molecule has 1 radical (unpaired) electrons. The summed E-state index contributed by atoms with van der Waals surface area (Å²) in [6, 6.07) is 0. The number of nitrogens with zero attached hydrogens (tertiary/aromatic N) is 4. The van der Waals surface area contributed by atoms with Crippen LogP contribution in [0.25, 0.3) is 11.2 Å². The van der Waals surface area contributed by atoms with Crippen LogP contribution < -0.4 is 5.73 Å². The maximum atomic E-state index is 11.9. The molecule has 0 amide bonds. The van der Waals surface area contributed by atoms with E-state index < -0.39 is 17.9 Å². The number of hydrogen-bond donors (Lipinski definition) is 1. The number of nitrogens with two attached hydrogens (primary N) is 1. The van der Waals surface area contributed by atoms with Crippen LogP contribution in [-0.4, -0.2) is 63.9 Å². The van der Waals surface area contributed by atoms with Crippen molar-refractivity contribution in [3.63, 3.8) is 0 Å². The summed E-state index contributed by atoms with van der Waals surface area (Å²) in [6.45, 7) is 8.11. The lowest BCUT2D eigenvalue weighted by molar-refractivity contribution is -0.0413. The minimum atomic E-state index is -0.824. The third kappa shape index (κ3) is 7.72. The zero-order valence-electron chi connectivity index (χ0n) is 20.0. The first-order valence-electron chi connectivity index (χ1n) is 11.2. The highest BCUT2D eigenvalue weighted by molar-refractivity contribution is 5.70. The fourth-order valence-corrected chi connectivity index (χ4v) is 2.97. The maximum absolute atomic E-state index is 11.9. The first kappa shape index (κ1) is 25.5. The van der Waals surface area contributed by atoms with E-state index in [2.05, 4.69) is 15.0 Å². The molecule has 1 saturated carbocycles. The smallest absolute Gasteiger partial charge is 0.434 e. The number of hydrogen-bond acceptors (Lipinski definition) is 11. The molecule has 0 saturated heterocycles. The van der Waals surface area contributed by atoms with Crippen LogP contribution in [-0.2, 0) is 30.2 Å². The average Bonchev–Trinajstić information content (AvgIpc) is 3.44. The van der Waals surface area contributed by atoms with Crippen molar-refractivity contribution in [2.75, 3.05) is 32.2 Å². The Hall–Kier alpha value is -3.15. The van der Waals surface area contributed by atoms with Crippen LogP contribution in [0, 0.1) is 17.9 Å². The fraction of sp³-hybridized carbons (Fsp3) is 0.636. The van der Waals surface area contributed by atoms with Crippen LogP contribution >= 0.6 is 0 Å². The second-order valence-corrected chi connectivity index (χ2v) is 9.12. The highest BCUT2D eigenvalue weighted by Crippen LogP contribution is 2.44. The minimum Gasteiger partial charge on any atom is -0.434 e. The molecule has 0 bridgehead atoms. The summed E-state index contributed by atoms with van der Waals surface area (Å²) < 4.78 is 28.4. The molecule has 1 aliphatic rings. The number of carbonyl (C=O) groups excluding carboxylic acids is 2. The first-order chi connectivity index (χ1) is 16.2. The Morgan fingerprint density at radius 2 is 1.59 bits per heavy atom. The summed E-state index contributed by atoms with van der Waals surface area (Å²) in [5.74, 6) is 0.488. The van der Waals surface area contributed by atoms with Crippen LogP contribution in [0.2, 0.25) is 0 Å². The normalized spacial score (nSPS) is 14.6. The molecular formula is C22H32N5O7. The molecule has 1 fully saturated rings. The Labute approximate surface area is 198 Å². The second kappa shape index (κ2) is 11.3. The van der Waals surface area contributed by atoms with Crippen molar-refractivity contribution >= 4 is 29.4 Å². The molecule has 2 N–H and O–H groups in total. The van der Waals surface area contributed by atoms with Gasteiger partial charge in [-0.3, -0.25) is 0 Å². The summed E-state index contributed by atoms with van der Waals surface area (Å²) in [4.78, 5) is 36.3. The van der Waals surface area contributed by atoms with E-state index in [1.165, 1.54) is 0 Å². The molecule has 0 unspecified atom stereocenters. The van der Waals surface area contributed by atoms with Gasteiger partial charge in [-0.1, -0.05) is 27.7 Å². The van der Waals surface area contributed by atoms with Gasteiger partial charge < -0.3 is 34.0 Å². The molecule has 1 aliphatic carbocycles. The van der Waals surface area contributed by atoms with E-state index in [0.717, 1.165) is 12.8 Å². The molecule has 0 aliphatic heterocycles. The van der Waals surface area contributed by atoms with Crippen LogP contribution in [0.1, 0.15) is 40.5 Å². The quantitative estimate of drug-likeness (QED) is 0.448.